The minimum absolute atomic E-state index is 0.230. The van der Waals surface area contributed by atoms with Crippen LogP contribution in [0.4, 0.5) is 0 Å². The summed E-state index contributed by atoms with van der Waals surface area (Å²) < 4.78 is 13.0. The minimum Gasteiger partial charge on any atom is -0.497 e. The van der Waals surface area contributed by atoms with E-state index in [0.29, 0.717) is 33.7 Å². The monoisotopic (exact) mass is 474 g/mol. The summed E-state index contributed by atoms with van der Waals surface area (Å²) in [6.07, 6.45) is 0. The van der Waals surface area contributed by atoms with Crippen LogP contribution >= 0.6 is 15.9 Å². The summed E-state index contributed by atoms with van der Waals surface area (Å²) in [4.78, 5) is 17.7. The second kappa shape index (κ2) is 7.81. The van der Waals surface area contributed by atoms with Crippen molar-refractivity contribution in [2.45, 2.75) is 0 Å². The fraction of sp³-hybridized carbons (Fsp3) is 0.0435. The van der Waals surface area contributed by atoms with Gasteiger partial charge in [0.2, 0.25) is 5.82 Å². The smallest absolute Gasteiger partial charge is 0.279 e. The van der Waals surface area contributed by atoms with Gasteiger partial charge in [0.15, 0.2) is 5.69 Å². The maximum atomic E-state index is 13.1. The lowest BCUT2D eigenvalue weighted by atomic mass is 10.1. The molecule has 0 aliphatic heterocycles. The molecule has 152 valence electrons. The average molecular weight is 475 g/mol. The highest BCUT2D eigenvalue weighted by atomic mass is 79.9. The van der Waals surface area contributed by atoms with Crippen LogP contribution in [0.15, 0.2) is 86.6 Å². The maximum absolute atomic E-state index is 13.1. The first-order valence-electron chi connectivity index (χ1n) is 9.40. The number of fused-ring (bicyclic) bond motifs is 1. The number of benzene rings is 3. The van der Waals surface area contributed by atoms with E-state index in [9.17, 15) is 4.79 Å². The number of rotatable bonds is 4. The van der Waals surface area contributed by atoms with Gasteiger partial charge in [-0.3, -0.25) is 4.79 Å². The molecule has 5 aromatic rings. The molecule has 8 heteroatoms. The van der Waals surface area contributed by atoms with Gasteiger partial charge in [-0.25, -0.2) is 0 Å². The lowest BCUT2D eigenvalue weighted by molar-refractivity contribution is 0.414. The number of ether oxygens (including phenoxy) is 1. The van der Waals surface area contributed by atoms with E-state index in [4.69, 9.17) is 9.26 Å². The van der Waals surface area contributed by atoms with Gasteiger partial charge in [0, 0.05) is 15.4 Å². The Balaban J connectivity index is 1.70. The molecule has 0 N–H and O–H groups in total. The molecule has 0 atom stereocenters. The standard InChI is InChI=1S/C23H15BrN4O3/c1-30-17-11-9-16(10-12-17)28-23(29)19-8-3-2-7-18(19)20(26-28)22-25-21(27-31-22)14-5-4-6-15(24)13-14/h2-13H,1H3. The number of methoxy groups -OCH3 is 1. The van der Waals surface area contributed by atoms with Gasteiger partial charge >= 0.3 is 0 Å². The van der Waals surface area contributed by atoms with Crippen molar-refractivity contribution >= 4 is 26.7 Å². The normalized spacial score (nSPS) is 11.0. The van der Waals surface area contributed by atoms with E-state index in [1.807, 2.05) is 42.5 Å². The van der Waals surface area contributed by atoms with E-state index >= 15 is 0 Å². The highest BCUT2D eigenvalue weighted by Gasteiger charge is 2.19. The Morgan fingerprint density at radius 2 is 1.74 bits per heavy atom. The fourth-order valence-corrected chi connectivity index (χ4v) is 3.71. The highest BCUT2D eigenvalue weighted by molar-refractivity contribution is 9.10. The molecule has 0 bridgehead atoms. The first-order valence-corrected chi connectivity index (χ1v) is 10.2. The molecule has 0 amide bonds. The third-order valence-electron chi connectivity index (χ3n) is 4.83. The Morgan fingerprint density at radius 3 is 2.48 bits per heavy atom. The molecular weight excluding hydrogens is 460 g/mol. The van der Waals surface area contributed by atoms with Crippen LogP contribution in [0.5, 0.6) is 5.75 Å². The fourth-order valence-electron chi connectivity index (χ4n) is 3.31. The molecule has 0 saturated carbocycles. The first kappa shape index (κ1) is 19.2. The maximum Gasteiger partial charge on any atom is 0.279 e. The van der Waals surface area contributed by atoms with Gasteiger partial charge in [-0.05, 0) is 42.5 Å². The minimum atomic E-state index is -0.240. The average Bonchev–Trinajstić information content (AvgIpc) is 3.30. The van der Waals surface area contributed by atoms with Crippen molar-refractivity contribution < 1.29 is 9.26 Å². The predicted molar refractivity (Wildman–Crippen MR) is 120 cm³/mol. The zero-order chi connectivity index (χ0) is 21.4. The van der Waals surface area contributed by atoms with E-state index in [-0.39, 0.29) is 11.4 Å². The van der Waals surface area contributed by atoms with Crippen LogP contribution in [0.2, 0.25) is 0 Å². The molecule has 0 aliphatic carbocycles. The number of hydrogen-bond donors (Lipinski definition) is 0. The molecule has 0 aliphatic rings. The van der Waals surface area contributed by atoms with Crippen LogP contribution in [0.25, 0.3) is 39.4 Å². The Bertz CT molecular complexity index is 1460. The Labute approximate surface area is 185 Å². The molecule has 0 spiro atoms. The van der Waals surface area contributed by atoms with Crippen LogP contribution in [0.3, 0.4) is 0 Å². The van der Waals surface area contributed by atoms with Crippen molar-refractivity contribution in [3.63, 3.8) is 0 Å². The lowest BCUT2D eigenvalue weighted by Crippen LogP contribution is -2.22. The molecule has 2 aromatic heterocycles. The van der Waals surface area contributed by atoms with Crippen LogP contribution in [0.1, 0.15) is 0 Å². The molecule has 0 fully saturated rings. The predicted octanol–water partition coefficient (Wildman–Crippen LogP) is 4.87. The molecule has 31 heavy (non-hydrogen) atoms. The molecule has 0 radical (unpaired) electrons. The number of aromatic nitrogens is 4. The molecule has 3 aromatic carbocycles. The largest absolute Gasteiger partial charge is 0.497 e. The molecule has 5 rings (SSSR count). The van der Waals surface area contributed by atoms with Crippen molar-refractivity contribution in [2.75, 3.05) is 7.11 Å². The molecule has 7 nitrogen and oxygen atoms in total. The van der Waals surface area contributed by atoms with Crippen LogP contribution in [0, 0.1) is 0 Å². The zero-order valence-electron chi connectivity index (χ0n) is 16.3. The quantitative estimate of drug-likeness (QED) is 0.369. The van der Waals surface area contributed by atoms with Gasteiger partial charge in [-0.2, -0.15) is 14.8 Å². The van der Waals surface area contributed by atoms with Gasteiger partial charge in [0.05, 0.1) is 18.2 Å². The highest BCUT2D eigenvalue weighted by Crippen LogP contribution is 2.27. The third-order valence-corrected chi connectivity index (χ3v) is 5.33. The first-order chi connectivity index (χ1) is 15.1. The summed E-state index contributed by atoms with van der Waals surface area (Å²) in [5.41, 5.74) is 1.60. The summed E-state index contributed by atoms with van der Waals surface area (Å²) in [6.45, 7) is 0. The topological polar surface area (TPSA) is 83.0 Å². The summed E-state index contributed by atoms with van der Waals surface area (Å²) in [5, 5.41) is 9.83. The van der Waals surface area contributed by atoms with Crippen molar-refractivity contribution in [3.05, 3.63) is 87.6 Å². The van der Waals surface area contributed by atoms with E-state index in [0.717, 1.165) is 10.0 Å². The summed E-state index contributed by atoms with van der Waals surface area (Å²) >= 11 is 3.45. The van der Waals surface area contributed by atoms with Gasteiger partial charge < -0.3 is 9.26 Å². The summed E-state index contributed by atoms with van der Waals surface area (Å²) in [7, 11) is 1.59. The Kier molecular flexibility index (Phi) is 4.83. The van der Waals surface area contributed by atoms with Gasteiger partial charge in [0.25, 0.3) is 11.4 Å². The van der Waals surface area contributed by atoms with Crippen LogP contribution < -0.4 is 10.3 Å². The Morgan fingerprint density at radius 1 is 0.968 bits per heavy atom. The number of halogens is 1. The second-order valence-electron chi connectivity index (χ2n) is 6.74. The van der Waals surface area contributed by atoms with Crippen LogP contribution in [-0.2, 0) is 0 Å². The summed E-state index contributed by atoms with van der Waals surface area (Å²) in [5.74, 6) is 1.35. The molecule has 0 saturated heterocycles. The molecular formula is C23H15BrN4O3. The van der Waals surface area contributed by atoms with Crippen molar-refractivity contribution in [3.8, 4) is 34.4 Å². The molecule has 0 unspecified atom stereocenters. The Hall–Kier alpha value is -3.78. The molecule has 2 heterocycles. The van der Waals surface area contributed by atoms with E-state index < -0.39 is 0 Å². The third kappa shape index (κ3) is 3.51. The lowest BCUT2D eigenvalue weighted by Gasteiger charge is -2.09. The van der Waals surface area contributed by atoms with Crippen LogP contribution in [-0.4, -0.2) is 27.0 Å². The van der Waals surface area contributed by atoms with Gasteiger partial charge in [-0.1, -0.05) is 51.4 Å². The summed E-state index contributed by atoms with van der Waals surface area (Å²) in [6, 6.07) is 21.9. The van der Waals surface area contributed by atoms with Gasteiger partial charge in [0.1, 0.15) is 5.75 Å². The SMILES string of the molecule is COc1ccc(-n2nc(-c3nc(-c4cccc(Br)c4)no3)c3ccccc3c2=O)cc1. The van der Waals surface area contributed by atoms with Crippen molar-refractivity contribution in [1.29, 1.82) is 0 Å². The van der Waals surface area contributed by atoms with E-state index in [2.05, 4.69) is 31.2 Å². The number of nitrogens with zero attached hydrogens (tertiary/aromatic N) is 4. The van der Waals surface area contributed by atoms with Crippen molar-refractivity contribution in [2.24, 2.45) is 0 Å². The number of hydrogen-bond acceptors (Lipinski definition) is 6. The van der Waals surface area contributed by atoms with E-state index in [1.54, 1.807) is 37.4 Å². The van der Waals surface area contributed by atoms with E-state index in [1.165, 1.54) is 4.68 Å². The van der Waals surface area contributed by atoms with Crippen molar-refractivity contribution in [1.82, 2.24) is 19.9 Å². The van der Waals surface area contributed by atoms with Gasteiger partial charge in [-0.15, -0.1) is 0 Å². The second-order valence-corrected chi connectivity index (χ2v) is 7.66. The zero-order valence-corrected chi connectivity index (χ0v) is 17.9.